The average molecular weight is 301 g/mol. The number of carbonyl (C=O) groups excluding carboxylic acids is 1. The van der Waals surface area contributed by atoms with Crippen molar-refractivity contribution >= 4 is 27.5 Å². The summed E-state index contributed by atoms with van der Waals surface area (Å²) in [6, 6.07) is 7.39. The van der Waals surface area contributed by atoms with E-state index in [2.05, 4.69) is 10.3 Å². The van der Waals surface area contributed by atoms with Crippen LogP contribution in [-0.4, -0.2) is 41.0 Å². The fraction of sp³-hybridized carbons (Fsp3) is 0.500. The molecule has 2 saturated heterocycles. The predicted molar refractivity (Wildman–Crippen MR) is 84.7 cm³/mol. The normalized spacial score (nSPS) is 28.0. The maximum Gasteiger partial charge on any atom is 0.253 e. The molecule has 2 aliphatic heterocycles. The lowest BCUT2D eigenvalue weighted by molar-refractivity contribution is 0.0682. The van der Waals surface area contributed by atoms with Gasteiger partial charge in [-0.1, -0.05) is 0 Å². The van der Waals surface area contributed by atoms with Crippen LogP contribution in [0.2, 0.25) is 0 Å². The molecular weight excluding hydrogens is 282 g/mol. The summed E-state index contributed by atoms with van der Waals surface area (Å²) >= 11 is 1.59. The summed E-state index contributed by atoms with van der Waals surface area (Å²) in [4.78, 5) is 19.0. The number of nitrogens with zero attached hydrogens (tertiary/aromatic N) is 2. The molecule has 1 N–H and O–H groups in total. The number of thiazole rings is 1. The van der Waals surface area contributed by atoms with E-state index in [0.717, 1.165) is 28.6 Å². The number of amides is 1. The van der Waals surface area contributed by atoms with Gasteiger partial charge in [-0.15, -0.1) is 11.3 Å². The van der Waals surface area contributed by atoms with Crippen LogP contribution in [0.3, 0.4) is 0 Å². The van der Waals surface area contributed by atoms with E-state index in [9.17, 15) is 4.79 Å². The van der Waals surface area contributed by atoms with Gasteiger partial charge in [-0.25, -0.2) is 4.98 Å². The molecule has 4 rings (SSSR count). The summed E-state index contributed by atoms with van der Waals surface area (Å²) < 4.78 is 1.08. The minimum atomic E-state index is 0.136. The van der Waals surface area contributed by atoms with Crippen molar-refractivity contribution in [2.75, 3.05) is 7.05 Å². The summed E-state index contributed by atoms with van der Waals surface area (Å²) in [5, 5.41) is 3.63. The fourth-order valence-electron chi connectivity index (χ4n) is 3.70. The van der Waals surface area contributed by atoms with E-state index >= 15 is 0 Å². The Morgan fingerprint density at radius 1 is 1.33 bits per heavy atom. The Morgan fingerprint density at radius 3 is 2.86 bits per heavy atom. The van der Waals surface area contributed by atoms with E-state index in [0.29, 0.717) is 18.1 Å². The van der Waals surface area contributed by atoms with Crippen LogP contribution in [0.25, 0.3) is 10.2 Å². The molecule has 21 heavy (non-hydrogen) atoms. The third kappa shape index (κ3) is 2.34. The first-order valence-corrected chi connectivity index (χ1v) is 8.45. The van der Waals surface area contributed by atoms with Gasteiger partial charge in [0.05, 0.1) is 15.7 Å². The second-order valence-electron chi connectivity index (χ2n) is 6.21. The van der Waals surface area contributed by atoms with Gasteiger partial charge < -0.3 is 10.2 Å². The highest BCUT2D eigenvalue weighted by Crippen LogP contribution is 2.30. The molecule has 5 heteroatoms. The van der Waals surface area contributed by atoms with Gasteiger partial charge in [-0.2, -0.15) is 0 Å². The van der Waals surface area contributed by atoms with Crippen LogP contribution in [0.5, 0.6) is 0 Å². The van der Waals surface area contributed by atoms with Gasteiger partial charge >= 0.3 is 0 Å². The lowest BCUT2D eigenvalue weighted by Crippen LogP contribution is -2.48. The number of hydrogen-bond donors (Lipinski definition) is 1. The number of aromatic nitrogens is 1. The number of benzene rings is 1. The second-order valence-corrected chi connectivity index (χ2v) is 7.10. The first-order chi connectivity index (χ1) is 10.2. The molecule has 0 spiro atoms. The third-order valence-corrected chi connectivity index (χ3v) is 5.69. The van der Waals surface area contributed by atoms with E-state index in [4.69, 9.17) is 0 Å². The largest absolute Gasteiger partial charge is 0.339 e. The van der Waals surface area contributed by atoms with Gasteiger partial charge in [0.15, 0.2) is 0 Å². The van der Waals surface area contributed by atoms with Crippen LogP contribution in [0, 0.1) is 0 Å². The van der Waals surface area contributed by atoms with Crippen LogP contribution in [0.1, 0.15) is 36.0 Å². The van der Waals surface area contributed by atoms with Crippen molar-refractivity contribution in [3.05, 3.63) is 29.3 Å². The van der Waals surface area contributed by atoms with Gasteiger partial charge in [0, 0.05) is 30.7 Å². The predicted octanol–water partition coefficient (Wildman–Crippen LogP) is 2.65. The minimum Gasteiger partial charge on any atom is -0.339 e. The van der Waals surface area contributed by atoms with E-state index in [-0.39, 0.29) is 5.91 Å². The zero-order chi connectivity index (χ0) is 14.4. The van der Waals surface area contributed by atoms with Crippen molar-refractivity contribution in [2.24, 2.45) is 0 Å². The third-order valence-electron chi connectivity index (χ3n) is 4.89. The monoisotopic (exact) mass is 301 g/mol. The summed E-state index contributed by atoms with van der Waals surface area (Å²) in [6.07, 6.45) is 4.69. The van der Waals surface area contributed by atoms with E-state index in [1.807, 2.05) is 35.7 Å². The number of carbonyl (C=O) groups is 1. The van der Waals surface area contributed by atoms with Gasteiger partial charge in [0.2, 0.25) is 0 Å². The van der Waals surface area contributed by atoms with Crippen molar-refractivity contribution in [1.29, 1.82) is 0 Å². The summed E-state index contributed by atoms with van der Waals surface area (Å²) in [7, 11) is 1.95. The number of piperidine rings is 1. The molecule has 110 valence electrons. The highest BCUT2D eigenvalue weighted by Gasteiger charge is 2.36. The van der Waals surface area contributed by atoms with Gasteiger partial charge in [-0.05, 0) is 43.9 Å². The highest BCUT2D eigenvalue weighted by atomic mass is 32.1. The van der Waals surface area contributed by atoms with Crippen LogP contribution < -0.4 is 5.32 Å². The van der Waals surface area contributed by atoms with Gasteiger partial charge in [0.25, 0.3) is 5.91 Å². The Bertz CT molecular complexity index is 671. The zero-order valence-corrected chi connectivity index (χ0v) is 12.9. The van der Waals surface area contributed by atoms with Gasteiger partial charge in [0.1, 0.15) is 0 Å². The molecule has 2 atom stereocenters. The summed E-state index contributed by atoms with van der Waals surface area (Å²) in [5.41, 5.74) is 3.58. The standard InChI is InChI=1S/C16H19N3OS/c1-19(13-7-11-3-4-12(8-13)18-11)16(20)10-2-5-14-15(6-10)21-9-17-14/h2,5-6,9,11-13,18H,3-4,7-8H2,1H3. The zero-order valence-electron chi connectivity index (χ0n) is 12.1. The number of hydrogen-bond acceptors (Lipinski definition) is 4. The maximum atomic E-state index is 12.7. The molecule has 3 heterocycles. The molecule has 1 aromatic carbocycles. The summed E-state index contributed by atoms with van der Waals surface area (Å²) in [5.74, 6) is 0.136. The Balaban J connectivity index is 1.55. The minimum absolute atomic E-state index is 0.136. The van der Waals surface area contributed by atoms with E-state index in [1.54, 1.807) is 11.3 Å². The topological polar surface area (TPSA) is 45.2 Å². The Labute approximate surface area is 128 Å². The van der Waals surface area contributed by atoms with Crippen molar-refractivity contribution in [3.8, 4) is 0 Å². The molecule has 1 aromatic heterocycles. The molecule has 1 amide bonds. The fourth-order valence-corrected chi connectivity index (χ4v) is 4.42. The molecule has 2 aromatic rings. The van der Waals surface area contributed by atoms with E-state index in [1.165, 1.54) is 12.8 Å². The summed E-state index contributed by atoms with van der Waals surface area (Å²) in [6.45, 7) is 0. The average Bonchev–Trinajstić information content (AvgIpc) is 3.11. The van der Waals surface area contributed by atoms with Crippen molar-refractivity contribution < 1.29 is 4.79 Å². The molecule has 0 radical (unpaired) electrons. The Hall–Kier alpha value is -1.46. The van der Waals surface area contributed by atoms with Crippen molar-refractivity contribution in [3.63, 3.8) is 0 Å². The molecule has 0 aliphatic carbocycles. The molecule has 4 nitrogen and oxygen atoms in total. The van der Waals surface area contributed by atoms with Crippen LogP contribution >= 0.6 is 11.3 Å². The number of fused-ring (bicyclic) bond motifs is 3. The van der Waals surface area contributed by atoms with Gasteiger partial charge in [-0.3, -0.25) is 4.79 Å². The van der Waals surface area contributed by atoms with Crippen molar-refractivity contribution in [1.82, 2.24) is 15.2 Å². The second kappa shape index (κ2) is 5.07. The number of nitrogens with one attached hydrogen (secondary N) is 1. The quantitative estimate of drug-likeness (QED) is 0.927. The Morgan fingerprint density at radius 2 is 2.10 bits per heavy atom. The number of rotatable bonds is 2. The Kier molecular flexibility index (Phi) is 3.19. The molecule has 2 fully saturated rings. The highest BCUT2D eigenvalue weighted by molar-refractivity contribution is 7.16. The smallest absolute Gasteiger partial charge is 0.253 e. The van der Waals surface area contributed by atoms with Crippen molar-refractivity contribution in [2.45, 2.75) is 43.8 Å². The maximum absolute atomic E-state index is 12.7. The SMILES string of the molecule is CN(C(=O)c1ccc2ncsc2c1)C1CC2CCC(C1)N2. The first kappa shape index (κ1) is 13.2. The van der Waals surface area contributed by atoms with Crippen LogP contribution in [0.4, 0.5) is 0 Å². The van der Waals surface area contributed by atoms with Crippen LogP contribution in [-0.2, 0) is 0 Å². The lowest BCUT2D eigenvalue weighted by Gasteiger charge is -2.35. The molecule has 0 saturated carbocycles. The van der Waals surface area contributed by atoms with Crippen LogP contribution in [0.15, 0.2) is 23.7 Å². The first-order valence-electron chi connectivity index (χ1n) is 7.57. The molecule has 2 aliphatic rings. The molecule has 2 unspecified atom stereocenters. The lowest BCUT2D eigenvalue weighted by atomic mass is 9.98. The molecule has 2 bridgehead atoms. The van der Waals surface area contributed by atoms with E-state index < -0.39 is 0 Å². The molecular formula is C16H19N3OS.